The largest absolute Gasteiger partial charge is 0.497 e. The molecule has 0 fully saturated rings. The maximum Gasteiger partial charge on any atom is 0.288 e. The van der Waals surface area contributed by atoms with Crippen molar-refractivity contribution < 1.29 is 19.2 Å². The number of allylic oxidation sites excluding steroid dienone is 1. The van der Waals surface area contributed by atoms with Crippen LogP contribution in [0.25, 0.3) is 6.08 Å². The van der Waals surface area contributed by atoms with Gasteiger partial charge in [0.1, 0.15) is 16.5 Å². The number of nitro groups is 1. The molecule has 124 valence electrons. The second-order valence-electron chi connectivity index (χ2n) is 4.73. The Morgan fingerprint density at radius 2 is 1.92 bits per heavy atom. The monoisotopic (exact) mass is 347 g/mol. The highest BCUT2D eigenvalue weighted by atomic mass is 35.5. The van der Waals surface area contributed by atoms with Crippen molar-refractivity contribution in [2.45, 2.75) is 0 Å². The average molecular weight is 348 g/mol. The third-order valence-electron chi connectivity index (χ3n) is 3.27. The first kappa shape index (κ1) is 17.5. The van der Waals surface area contributed by atoms with Crippen LogP contribution in [0.3, 0.4) is 0 Å². The minimum atomic E-state index is -0.577. The molecule has 0 radical (unpaired) electrons. The Labute approximate surface area is 143 Å². The Kier molecular flexibility index (Phi) is 5.55. The molecule has 0 aliphatic carbocycles. The van der Waals surface area contributed by atoms with Gasteiger partial charge in [0.2, 0.25) is 0 Å². The molecular formula is C17H14ClNO5. The molecule has 0 spiro atoms. The molecule has 0 amide bonds. The van der Waals surface area contributed by atoms with Crippen LogP contribution >= 0.6 is 11.6 Å². The van der Waals surface area contributed by atoms with Crippen LogP contribution in [-0.4, -0.2) is 24.9 Å². The first-order valence-corrected chi connectivity index (χ1v) is 7.22. The molecule has 2 rings (SSSR count). The SMILES string of the molecule is COc1ccc(OC)c(C(=O)/C=C/c2ccc(Cl)c([N+](=O)[O-])c2)c1. The lowest BCUT2D eigenvalue weighted by molar-refractivity contribution is -0.384. The first-order chi connectivity index (χ1) is 11.5. The maximum atomic E-state index is 12.4. The maximum absolute atomic E-state index is 12.4. The van der Waals surface area contributed by atoms with Gasteiger partial charge in [-0.25, -0.2) is 0 Å². The molecule has 0 aliphatic heterocycles. The Balaban J connectivity index is 2.31. The lowest BCUT2D eigenvalue weighted by Gasteiger charge is -2.07. The van der Waals surface area contributed by atoms with Crippen molar-refractivity contribution in [3.63, 3.8) is 0 Å². The molecule has 2 aromatic rings. The summed E-state index contributed by atoms with van der Waals surface area (Å²) in [6.45, 7) is 0. The van der Waals surface area contributed by atoms with Crippen LogP contribution < -0.4 is 9.47 Å². The van der Waals surface area contributed by atoms with E-state index in [0.717, 1.165) is 0 Å². The zero-order valence-electron chi connectivity index (χ0n) is 13.0. The van der Waals surface area contributed by atoms with Crippen molar-refractivity contribution in [2.24, 2.45) is 0 Å². The van der Waals surface area contributed by atoms with Gasteiger partial charge in [0.15, 0.2) is 5.78 Å². The number of methoxy groups -OCH3 is 2. The van der Waals surface area contributed by atoms with E-state index in [2.05, 4.69) is 0 Å². The number of ketones is 1. The Morgan fingerprint density at radius 3 is 2.54 bits per heavy atom. The van der Waals surface area contributed by atoms with Gasteiger partial charge in [0, 0.05) is 6.07 Å². The predicted octanol–water partition coefficient (Wildman–Crippen LogP) is 4.16. The van der Waals surface area contributed by atoms with E-state index < -0.39 is 4.92 Å². The van der Waals surface area contributed by atoms with Crippen molar-refractivity contribution in [1.82, 2.24) is 0 Å². The topological polar surface area (TPSA) is 78.7 Å². The summed E-state index contributed by atoms with van der Waals surface area (Å²) in [5, 5.41) is 10.9. The van der Waals surface area contributed by atoms with Crippen molar-refractivity contribution >= 4 is 29.1 Å². The van der Waals surface area contributed by atoms with Crippen LogP contribution in [0.15, 0.2) is 42.5 Å². The molecule has 0 unspecified atom stereocenters. The highest BCUT2D eigenvalue weighted by molar-refractivity contribution is 6.32. The van der Waals surface area contributed by atoms with Gasteiger partial charge >= 0.3 is 0 Å². The number of hydrogen-bond acceptors (Lipinski definition) is 5. The number of nitrogens with zero attached hydrogens (tertiary/aromatic N) is 1. The summed E-state index contributed by atoms with van der Waals surface area (Å²) in [4.78, 5) is 22.7. The van der Waals surface area contributed by atoms with Gasteiger partial charge < -0.3 is 9.47 Å². The van der Waals surface area contributed by atoms with Crippen LogP contribution in [0.1, 0.15) is 15.9 Å². The first-order valence-electron chi connectivity index (χ1n) is 6.84. The summed E-state index contributed by atoms with van der Waals surface area (Å²) < 4.78 is 10.3. The summed E-state index contributed by atoms with van der Waals surface area (Å²) >= 11 is 5.76. The lowest BCUT2D eigenvalue weighted by atomic mass is 10.1. The molecule has 0 N–H and O–H groups in total. The second-order valence-corrected chi connectivity index (χ2v) is 5.14. The summed E-state index contributed by atoms with van der Waals surface area (Å²) in [7, 11) is 2.96. The Bertz CT molecular complexity index is 817. The molecule has 24 heavy (non-hydrogen) atoms. The van der Waals surface area contributed by atoms with Crippen molar-refractivity contribution in [1.29, 1.82) is 0 Å². The summed E-state index contributed by atoms with van der Waals surface area (Å²) in [5.74, 6) is 0.616. The van der Waals surface area contributed by atoms with E-state index in [1.54, 1.807) is 24.3 Å². The smallest absolute Gasteiger partial charge is 0.288 e. The number of nitro benzene ring substituents is 1. The van der Waals surface area contributed by atoms with Crippen molar-refractivity contribution in [3.05, 3.63) is 68.7 Å². The van der Waals surface area contributed by atoms with E-state index in [4.69, 9.17) is 21.1 Å². The van der Waals surface area contributed by atoms with E-state index in [9.17, 15) is 14.9 Å². The molecule has 0 bridgehead atoms. The van der Waals surface area contributed by atoms with Gasteiger partial charge in [0.25, 0.3) is 5.69 Å². The predicted molar refractivity (Wildman–Crippen MR) is 91.0 cm³/mol. The quantitative estimate of drug-likeness (QED) is 0.339. The number of rotatable bonds is 6. The molecular weight excluding hydrogens is 334 g/mol. The fraction of sp³-hybridized carbons (Fsp3) is 0.118. The third-order valence-corrected chi connectivity index (χ3v) is 3.59. The number of hydrogen-bond donors (Lipinski definition) is 0. The molecule has 0 saturated heterocycles. The minimum absolute atomic E-state index is 0.0398. The van der Waals surface area contributed by atoms with Crippen molar-refractivity contribution in [2.75, 3.05) is 14.2 Å². The molecule has 7 heteroatoms. The zero-order valence-corrected chi connectivity index (χ0v) is 13.7. The summed E-state index contributed by atoms with van der Waals surface area (Å²) in [6, 6.07) is 9.18. The molecule has 0 aliphatic rings. The van der Waals surface area contributed by atoms with Crippen LogP contribution in [0.4, 0.5) is 5.69 Å². The third kappa shape index (κ3) is 3.91. The van der Waals surface area contributed by atoms with E-state index in [1.807, 2.05) is 0 Å². The van der Waals surface area contributed by atoms with E-state index >= 15 is 0 Å². The van der Waals surface area contributed by atoms with Gasteiger partial charge in [-0.1, -0.05) is 23.7 Å². The number of carbonyl (C=O) groups excluding carboxylic acids is 1. The normalized spacial score (nSPS) is 10.6. The fourth-order valence-corrected chi connectivity index (χ4v) is 2.23. The molecule has 0 saturated carbocycles. The fourth-order valence-electron chi connectivity index (χ4n) is 2.04. The zero-order chi connectivity index (χ0) is 17.7. The molecule has 6 nitrogen and oxygen atoms in total. The number of ether oxygens (including phenoxy) is 2. The van der Waals surface area contributed by atoms with Crippen LogP contribution in [-0.2, 0) is 0 Å². The van der Waals surface area contributed by atoms with Gasteiger partial charge in [0.05, 0.1) is 24.7 Å². The molecule has 2 aromatic carbocycles. The average Bonchev–Trinajstić information content (AvgIpc) is 2.59. The molecule has 0 heterocycles. The number of halogens is 1. The van der Waals surface area contributed by atoms with E-state index in [0.29, 0.717) is 22.6 Å². The van der Waals surface area contributed by atoms with E-state index in [1.165, 1.54) is 38.5 Å². The molecule has 0 aromatic heterocycles. The van der Waals surface area contributed by atoms with Crippen LogP contribution in [0, 0.1) is 10.1 Å². The van der Waals surface area contributed by atoms with E-state index in [-0.39, 0.29) is 16.5 Å². The minimum Gasteiger partial charge on any atom is -0.497 e. The van der Waals surface area contributed by atoms with Crippen LogP contribution in [0.5, 0.6) is 11.5 Å². The van der Waals surface area contributed by atoms with Gasteiger partial charge in [-0.15, -0.1) is 0 Å². The summed E-state index contributed by atoms with van der Waals surface area (Å²) in [5.41, 5.74) is 0.600. The lowest BCUT2D eigenvalue weighted by Crippen LogP contribution is -1.99. The van der Waals surface area contributed by atoms with Crippen molar-refractivity contribution in [3.8, 4) is 11.5 Å². The second kappa shape index (κ2) is 7.61. The molecule has 0 atom stereocenters. The number of carbonyl (C=O) groups is 1. The Morgan fingerprint density at radius 1 is 1.17 bits per heavy atom. The number of benzene rings is 2. The standard InChI is InChI=1S/C17H14ClNO5/c1-23-12-5-8-17(24-2)13(10-12)16(20)7-4-11-3-6-14(18)15(9-11)19(21)22/h3-10H,1-2H3/b7-4+. The van der Waals surface area contributed by atoms with Gasteiger partial charge in [-0.3, -0.25) is 14.9 Å². The highest BCUT2D eigenvalue weighted by Crippen LogP contribution is 2.27. The van der Waals surface area contributed by atoms with Gasteiger partial charge in [-0.2, -0.15) is 0 Å². The summed E-state index contributed by atoms with van der Waals surface area (Å²) in [6.07, 6.45) is 2.79. The highest BCUT2D eigenvalue weighted by Gasteiger charge is 2.13. The van der Waals surface area contributed by atoms with Gasteiger partial charge in [-0.05, 0) is 35.9 Å². The Hall–Kier alpha value is -2.86. The van der Waals surface area contributed by atoms with Crippen LogP contribution in [0.2, 0.25) is 5.02 Å².